The zero-order chi connectivity index (χ0) is 46.0. The maximum Gasteiger partial charge on any atom is 1.00 e. The van der Waals surface area contributed by atoms with Crippen LogP contribution in [0, 0.1) is 22.7 Å². The van der Waals surface area contributed by atoms with Crippen molar-refractivity contribution in [3.05, 3.63) is 121 Å². The summed E-state index contributed by atoms with van der Waals surface area (Å²) in [5, 5.41) is 33.8. The second-order valence-electron chi connectivity index (χ2n) is 17.8. The molecule has 14 heteroatoms. The van der Waals surface area contributed by atoms with E-state index in [-0.39, 0.29) is 52.7 Å². The maximum absolute atomic E-state index is 11.3. The summed E-state index contributed by atoms with van der Waals surface area (Å²) < 4.78 is 34.9. The number of aliphatic hydroxyl groups excluding tert-OH is 1. The number of hydrogen-bond acceptors (Lipinski definition) is 10. The van der Waals surface area contributed by atoms with Gasteiger partial charge in [0.25, 0.3) is 16.6 Å². The molecule has 0 saturated carbocycles. The van der Waals surface area contributed by atoms with Crippen molar-refractivity contribution in [2.45, 2.75) is 119 Å². The molecule has 6 rings (SSSR count). The molecule has 2 fully saturated rings. The average Bonchev–Trinajstić information content (AvgIpc) is 3.90. The molecule has 0 bridgehead atoms. The smallest absolute Gasteiger partial charge is 1.00 e. The first-order valence-electron chi connectivity index (χ1n) is 22.2. The fraction of sp³-hybridized carbons (Fsp3) is 0.480. The summed E-state index contributed by atoms with van der Waals surface area (Å²) >= 11 is 3.61. The van der Waals surface area contributed by atoms with Gasteiger partial charge in [0.2, 0.25) is 0 Å². The summed E-state index contributed by atoms with van der Waals surface area (Å²) in [4.78, 5) is 0. The number of rotatable bonds is 16. The van der Waals surface area contributed by atoms with E-state index in [1.165, 1.54) is 20.7 Å². The molecule has 4 aromatic carbocycles. The minimum atomic E-state index is -3.08. The van der Waals surface area contributed by atoms with E-state index in [0.717, 1.165) is 32.3 Å². The van der Waals surface area contributed by atoms with Gasteiger partial charge in [-0.1, -0.05) is 163 Å². The van der Waals surface area contributed by atoms with Crippen LogP contribution in [0.3, 0.4) is 0 Å². The van der Waals surface area contributed by atoms with Crippen LogP contribution in [0.1, 0.15) is 88.9 Å². The van der Waals surface area contributed by atoms with E-state index >= 15 is 0 Å². The van der Waals surface area contributed by atoms with E-state index in [9.17, 15) is 9.67 Å². The number of hydrogen-bond donors (Lipinski definition) is 1. The molecule has 1 N–H and O–H groups in total. The Bertz CT molecular complexity index is 1990. The van der Waals surface area contributed by atoms with E-state index in [1.54, 1.807) is 31.7 Å². The molecule has 0 spiro atoms. The monoisotopic (exact) mass is 968 g/mol. The van der Waals surface area contributed by atoms with Crippen LogP contribution in [0.4, 0.5) is 0 Å². The Morgan fingerprint density at radius 2 is 0.953 bits per heavy atom. The predicted molar refractivity (Wildman–Crippen MR) is 271 cm³/mol. The second kappa shape index (κ2) is 27.1. The van der Waals surface area contributed by atoms with Gasteiger partial charge in [-0.25, -0.2) is 0 Å². The second-order valence-corrected chi connectivity index (χ2v) is 31.6. The van der Waals surface area contributed by atoms with Gasteiger partial charge in [0.15, 0.2) is 0 Å². The Morgan fingerprint density at radius 3 is 1.25 bits per heavy atom. The van der Waals surface area contributed by atoms with Crippen LogP contribution in [-0.2, 0) is 22.5 Å². The van der Waals surface area contributed by atoms with Gasteiger partial charge in [-0.2, -0.15) is 22.3 Å². The van der Waals surface area contributed by atoms with Gasteiger partial charge < -0.3 is 24.4 Å². The van der Waals surface area contributed by atoms with Gasteiger partial charge in [0.1, 0.15) is 6.16 Å². The topological polar surface area (TPSA) is 122 Å². The third kappa shape index (κ3) is 15.3. The van der Waals surface area contributed by atoms with E-state index in [0.29, 0.717) is 42.0 Å². The molecule has 2 aliphatic rings. The van der Waals surface area contributed by atoms with Crippen molar-refractivity contribution in [2.24, 2.45) is 0 Å². The third-order valence-electron chi connectivity index (χ3n) is 11.3. The molecular formula is C50H70N2NaO6PS2Si2. The van der Waals surface area contributed by atoms with Gasteiger partial charge in [-0.05, 0) is 70.4 Å². The summed E-state index contributed by atoms with van der Waals surface area (Å²) in [6.07, 6.45) is 4.67. The molecular weight excluding hydrogens is 899 g/mol. The van der Waals surface area contributed by atoms with Crippen molar-refractivity contribution in [2.75, 3.05) is 32.6 Å². The Balaban J connectivity index is 0.000000357. The molecule has 8 nitrogen and oxygen atoms in total. The van der Waals surface area contributed by atoms with Gasteiger partial charge in [-0.3, -0.25) is 4.57 Å². The van der Waals surface area contributed by atoms with Gasteiger partial charge in [0.05, 0.1) is 30.8 Å². The van der Waals surface area contributed by atoms with Gasteiger partial charge >= 0.3 is 37.2 Å². The molecule has 64 heavy (non-hydrogen) atoms. The fourth-order valence-electron chi connectivity index (χ4n) is 8.53. The fourth-order valence-corrected chi connectivity index (χ4v) is 21.7. The average molecular weight is 969 g/mol. The summed E-state index contributed by atoms with van der Waals surface area (Å²) in [7, 11) is -7.95. The van der Waals surface area contributed by atoms with Crippen LogP contribution in [0.25, 0.3) is 0 Å². The molecule has 2 aliphatic heterocycles. The van der Waals surface area contributed by atoms with E-state index in [4.69, 9.17) is 28.4 Å². The Labute approximate surface area is 419 Å². The number of nitrogens with zero attached hydrogens (tertiary/aromatic N) is 2. The van der Waals surface area contributed by atoms with E-state index < -0.39 is 24.2 Å². The Morgan fingerprint density at radius 1 is 0.609 bits per heavy atom. The predicted octanol–water partition coefficient (Wildman–Crippen LogP) is 7.41. The maximum atomic E-state index is 11.3. The SMILES string of the molecule is CC(C)(C)[Si](OC[C@@H]1CCC(CC#N)S1)(c1ccccc1)c1ccccc1.CC(C)(C)[Si](OC[C@@H]1CCC(O)S1)(c1ccccc1)c1ccccc1.CCOP(=O)(CC#N)OCC.[H-].[Na+]. The van der Waals surface area contributed by atoms with E-state index in [2.05, 4.69) is 169 Å². The first-order chi connectivity index (χ1) is 30.1. The zero-order valence-electron chi connectivity index (χ0n) is 40.6. The summed E-state index contributed by atoms with van der Waals surface area (Å²) in [6, 6.07) is 47.2. The number of benzene rings is 4. The zero-order valence-corrected chi connectivity index (χ0v) is 46.1. The van der Waals surface area contributed by atoms with Crippen LogP contribution < -0.4 is 50.3 Å². The molecule has 0 amide bonds. The largest absolute Gasteiger partial charge is 1.00 e. The Kier molecular flexibility index (Phi) is 23.9. The molecule has 4 aromatic rings. The van der Waals surface area contributed by atoms with Crippen LogP contribution in [-0.4, -0.2) is 75.5 Å². The van der Waals surface area contributed by atoms with Crippen LogP contribution in [0.2, 0.25) is 10.1 Å². The number of thioether (sulfide) groups is 2. The minimum absolute atomic E-state index is 0. The summed E-state index contributed by atoms with van der Waals surface area (Å²) in [5.41, 5.74) is -0.229. The van der Waals surface area contributed by atoms with Crippen LogP contribution in [0.5, 0.6) is 0 Å². The van der Waals surface area contributed by atoms with Crippen molar-refractivity contribution >= 4 is 68.5 Å². The molecule has 4 atom stereocenters. The molecule has 2 saturated heterocycles. The Hall–Kier alpha value is -1.98. The van der Waals surface area contributed by atoms with E-state index in [1.807, 2.05) is 11.8 Å². The van der Waals surface area contributed by atoms with Crippen molar-refractivity contribution in [3.8, 4) is 12.1 Å². The van der Waals surface area contributed by atoms with Crippen LogP contribution >= 0.6 is 31.1 Å². The van der Waals surface area contributed by atoms with Crippen molar-refractivity contribution in [1.29, 1.82) is 10.5 Å². The summed E-state index contributed by atoms with van der Waals surface area (Å²) in [5.74, 6) is 0. The number of aliphatic hydroxyl groups is 1. The molecule has 2 heterocycles. The standard InChI is InChI=1S/C23H29NOSSi.C21H28O2SSi.C6H12NO3P.Na.H/c1-23(2,3)27(21-10-6-4-7-11-21,22-12-8-5-9-13-22)25-18-20-15-14-19(26-20)16-17-24;1-21(2,3)25(18-10-6-4-7-11-18,19-12-8-5-9-13-19)23-16-17-14-15-20(22)24-17;1-3-9-11(8,6-5-7)10-4-2;;/h4-13,19-20H,14-16,18H2,1-3H3;4-13,17,20,22H,14-16H2,1-3H3;3-4,6H2,1-2H3;;/q;;;+1;-1/t19?,20-;17-,20?;;;/m00.../s1. The van der Waals surface area contributed by atoms with Crippen molar-refractivity contribution in [1.82, 2.24) is 0 Å². The minimum Gasteiger partial charge on any atom is -1.00 e. The molecule has 0 aliphatic carbocycles. The molecule has 0 radical (unpaired) electrons. The molecule has 0 aromatic heterocycles. The third-order valence-corrected chi connectivity index (χ3v) is 26.0. The van der Waals surface area contributed by atoms with Gasteiger partial charge in [-0.15, -0.1) is 11.8 Å². The molecule has 2 unspecified atom stereocenters. The summed E-state index contributed by atoms with van der Waals surface area (Å²) in [6.45, 7) is 19.4. The molecule has 342 valence electrons. The first-order valence-corrected chi connectivity index (χ1v) is 29.6. The van der Waals surface area contributed by atoms with Crippen molar-refractivity contribution < 1.29 is 58.6 Å². The van der Waals surface area contributed by atoms with Gasteiger partial charge in [0, 0.05) is 35.4 Å². The van der Waals surface area contributed by atoms with Crippen LogP contribution in [0.15, 0.2) is 121 Å². The normalized spacial score (nSPS) is 18.9. The quantitative estimate of drug-likeness (QED) is 0.0898. The van der Waals surface area contributed by atoms with Crippen molar-refractivity contribution in [3.63, 3.8) is 0 Å². The first kappa shape index (κ1) is 56.3. The number of nitriles is 2.